The van der Waals surface area contributed by atoms with Crippen LogP contribution in [0.1, 0.15) is 20.3 Å². The second-order valence-corrected chi connectivity index (χ2v) is 5.89. The quantitative estimate of drug-likeness (QED) is 0.483. The minimum absolute atomic E-state index is 0.278. The van der Waals surface area contributed by atoms with Crippen LogP contribution in [-0.2, 0) is 13.6 Å². The van der Waals surface area contributed by atoms with E-state index in [-0.39, 0.29) is 5.92 Å². The van der Waals surface area contributed by atoms with Gasteiger partial charge in [0.25, 0.3) is 0 Å². The van der Waals surface area contributed by atoms with Gasteiger partial charge >= 0.3 is 7.60 Å². The molecule has 1 rings (SSSR count). The number of terminal acetylenes is 1. The van der Waals surface area contributed by atoms with Crippen LogP contribution in [-0.4, -0.2) is 18.9 Å². The first-order valence-electron chi connectivity index (χ1n) is 4.26. The Morgan fingerprint density at radius 3 is 2.85 bits per heavy atom. The van der Waals surface area contributed by atoms with Crippen molar-refractivity contribution in [2.24, 2.45) is 5.92 Å². The molecule has 13 heavy (non-hydrogen) atoms. The van der Waals surface area contributed by atoms with Crippen molar-refractivity contribution in [3.63, 3.8) is 0 Å². The van der Waals surface area contributed by atoms with Gasteiger partial charge in [-0.25, -0.2) is 0 Å². The maximum atomic E-state index is 11.8. The van der Waals surface area contributed by atoms with E-state index in [1.807, 2.05) is 6.92 Å². The van der Waals surface area contributed by atoms with E-state index in [2.05, 4.69) is 5.92 Å². The van der Waals surface area contributed by atoms with Crippen molar-refractivity contribution in [1.82, 2.24) is 0 Å². The Hall–Kier alpha value is -0.290. The SMILES string of the molecule is C#CC1(C)CC(C)CP(=O)(OC)O1. The highest BCUT2D eigenvalue weighted by molar-refractivity contribution is 7.53. The average molecular weight is 202 g/mol. The molecule has 1 saturated heterocycles. The van der Waals surface area contributed by atoms with Crippen molar-refractivity contribution in [3.05, 3.63) is 0 Å². The fourth-order valence-electron chi connectivity index (χ4n) is 1.69. The normalized spacial score (nSPS) is 45.5. The van der Waals surface area contributed by atoms with E-state index < -0.39 is 13.2 Å². The number of hydrogen-bond donors (Lipinski definition) is 0. The third kappa shape index (κ3) is 2.34. The summed E-state index contributed by atoms with van der Waals surface area (Å²) in [4.78, 5) is 0. The largest absolute Gasteiger partial charge is 0.332 e. The molecule has 3 nitrogen and oxygen atoms in total. The summed E-state index contributed by atoms with van der Waals surface area (Å²) in [5.74, 6) is 2.80. The number of rotatable bonds is 1. The van der Waals surface area contributed by atoms with Gasteiger partial charge in [-0.2, -0.15) is 0 Å². The Labute approximate surface area is 79.3 Å². The van der Waals surface area contributed by atoms with E-state index in [1.165, 1.54) is 7.11 Å². The third-order valence-corrected chi connectivity index (χ3v) is 4.51. The molecule has 4 heteroatoms. The molecule has 74 valence electrons. The molecule has 0 spiro atoms. The molecule has 1 aliphatic rings. The summed E-state index contributed by atoms with van der Waals surface area (Å²) in [6.07, 6.45) is 6.52. The van der Waals surface area contributed by atoms with Crippen LogP contribution in [0.15, 0.2) is 0 Å². The van der Waals surface area contributed by atoms with Crippen LogP contribution >= 0.6 is 7.60 Å². The Kier molecular flexibility index (Phi) is 2.87. The Bertz CT molecular complexity index is 281. The molecule has 1 aliphatic heterocycles. The molecule has 0 radical (unpaired) electrons. The highest BCUT2D eigenvalue weighted by atomic mass is 31.2. The van der Waals surface area contributed by atoms with Gasteiger partial charge in [-0.15, -0.1) is 6.42 Å². The Morgan fingerprint density at radius 1 is 1.77 bits per heavy atom. The Morgan fingerprint density at radius 2 is 2.38 bits per heavy atom. The van der Waals surface area contributed by atoms with E-state index in [9.17, 15) is 4.57 Å². The summed E-state index contributed by atoms with van der Waals surface area (Å²) in [5, 5.41) is 0. The van der Waals surface area contributed by atoms with E-state index in [0.29, 0.717) is 6.16 Å². The molecular formula is C9H15O3P. The summed E-state index contributed by atoms with van der Waals surface area (Å²) >= 11 is 0. The molecule has 0 aromatic heterocycles. The lowest BCUT2D eigenvalue weighted by atomic mass is 9.95. The van der Waals surface area contributed by atoms with Gasteiger partial charge in [-0.05, 0) is 19.3 Å². The van der Waals surface area contributed by atoms with Crippen LogP contribution in [0.2, 0.25) is 0 Å². The van der Waals surface area contributed by atoms with Crippen molar-refractivity contribution in [3.8, 4) is 12.3 Å². The van der Waals surface area contributed by atoms with Gasteiger partial charge in [0.1, 0.15) is 5.60 Å². The predicted molar refractivity (Wildman–Crippen MR) is 51.6 cm³/mol. The first kappa shape index (κ1) is 10.8. The molecule has 1 heterocycles. The zero-order valence-electron chi connectivity index (χ0n) is 8.24. The summed E-state index contributed by atoms with van der Waals surface area (Å²) in [5.41, 5.74) is -0.733. The predicted octanol–water partition coefficient (Wildman–Crippen LogP) is 2.27. The van der Waals surface area contributed by atoms with Crippen LogP contribution in [0.3, 0.4) is 0 Å². The second kappa shape index (κ2) is 3.46. The molecule has 0 bridgehead atoms. The standard InChI is InChI=1S/C9H15O3P/c1-5-9(3)6-8(2)7-13(10,11-4)12-9/h1,8H,6-7H2,2-4H3. The zero-order valence-corrected chi connectivity index (χ0v) is 9.14. The molecule has 0 aromatic carbocycles. The summed E-state index contributed by atoms with van der Waals surface area (Å²) in [6, 6.07) is 0. The van der Waals surface area contributed by atoms with E-state index in [0.717, 1.165) is 6.42 Å². The molecule has 0 amide bonds. The lowest BCUT2D eigenvalue weighted by molar-refractivity contribution is 0.0777. The first-order valence-corrected chi connectivity index (χ1v) is 5.99. The summed E-state index contributed by atoms with van der Waals surface area (Å²) in [6.45, 7) is 3.78. The fraction of sp³-hybridized carbons (Fsp3) is 0.778. The Balaban J connectivity index is 2.88. The smallest absolute Gasteiger partial charge is 0.312 e. The highest BCUT2D eigenvalue weighted by Gasteiger charge is 2.42. The minimum Gasteiger partial charge on any atom is -0.312 e. The van der Waals surface area contributed by atoms with Crippen molar-refractivity contribution >= 4 is 7.60 Å². The van der Waals surface area contributed by atoms with Crippen molar-refractivity contribution < 1.29 is 13.6 Å². The minimum atomic E-state index is -2.93. The van der Waals surface area contributed by atoms with Gasteiger partial charge in [0.05, 0.1) is 6.16 Å². The highest BCUT2D eigenvalue weighted by Crippen LogP contribution is 2.57. The maximum absolute atomic E-state index is 11.8. The van der Waals surface area contributed by atoms with Crippen LogP contribution < -0.4 is 0 Å². The van der Waals surface area contributed by atoms with Gasteiger partial charge in [0.2, 0.25) is 0 Å². The van der Waals surface area contributed by atoms with E-state index in [4.69, 9.17) is 15.5 Å². The first-order chi connectivity index (χ1) is 5.93. The molecular weight excluding hydrogens is 187 g/mol. The van der Waals surface area contributed by atoms with Gasteiger partial charge < -0.3 is 4.52 Å². The summed E-state index contributed by atoms with van der Waals surface area (Å²) in [7, 11) is -1.53. The van der Waals surface area contributed by atoms with Gasteiger partial charge in [-0.1, -0.05) is 12.8 Å². The molecule has 3 unspecified atom stereocenters. The van der Waals surface area contributed by atoms with Crippen LogP contribution in [0.4, 0.5) is 0 Å². The zero-order chi connectivity index (χ0) is 10.1. The van der Waals surface area contributed by atoms with Crippen LogP contribution in [0.25, 0.3) is 0 Å². The van der Waals surface area contributed by atoms with Crippen molar-refractivity contribution in [2.75, 3.05) is 13.3 Å². The topological polar surface area (TPSA) is 35.5 Å². The van der Waals surface area contributed by atoms with Crippen molar-refractivity contribution in [2.45, 2.75) is 25.9 Å². The monoisotopic (exact) mass is 202 g/mol. The van der Waals surface area contributed by atoms with Gasteiger partial charge in [-0.3, -0.25) is 9.09 Å². The summed E-state index contributed by atoms with van der Waals surface area (Å²) < 4.78 is 22.1. The number of hydrogen-bond acceptors (Lipinski definition) is 3. The lowest BCUT2D eigenvalue weighted by Crippen LogP contribution is -2.34. The van der Waals surface area contributed by atoms with Crippen LogP contribution in [0, 0.1) is 18.3 Å². The van der Waals surface area contributed by atoms with Crippen LogP contribution in [0.5, 0.6) is 0 Å². The van der Waals surface area contributed by atoms with Gasteiger partial charge in [0, 0.05) is 7.11 Å². The van der Waals surface area contributed by atoms with Gasteiger partial charge in [0.15, 0.2) is 0 Å². The lowest BCUT2D eigenvalue weighted by Gasteiger charge is -2.36. The average Bonchev–Trinajstić information content (AvgIpc) is 2.02. The molecule has 3 atom stereocenters. The molecule has 0 N–H and O–H groups in total. The van der Waals surface area contributed by atoms with E-state index >= 15 is 0 Å². The molecule has 0 saturated carbocycles. The fourth-order valence-corrected chi connectivity index (χ4v) is 3.62. The second-order valence-electron chi connectivity index (χ2n) is 3.75. The molecule has 1 fully saturated rings. The van der Waals surface area contributed by atoms with E-state index in [1.54, 1.807) is 6.92 Å². The molecule has 0 aromatic rings. The third-order valence-electron chi connectivity index (χ3n) is 2.20. The maximum Gasteiger partial charge on any atom is 0.332 e. The van der Waals surface area contributed by atoms with Crippen molar-refractivity contribution in [1.29, 1.82) is 0 Å². The molecule has 0 aliphatic carbocycles.